The van der Waals surface area contributed by atoms with E-state index in [1.54, 1.807) is 0 Å². The number of esters is 2. The van der Waals surface area contributed by atoms with Gasteiger partial charge in [0.25, 0.3) is 0 Å². The van der Waals surface area contributed by atoms with Gasteiger partial charge in [0.1, 0.15) is 26.4 Å². The van der Waals surface area contributed by atoms with Gasteiger partial charge in [-0.15, -0.1) is 9.35 Å². The van der Waals surface area contributed by atoms with Crippen molar-refractivity contribution in [3.63, 3.8) is 0 Å². The molecule has 0 heterocycles. The number of quaternary nitrogens is 1. The molecule has 0 aliphatic heterocycles. The van der Waals surface area contributed by atoms with Crippen molar-refractivity contribution in [2.24, 2.45) is 0 Å². The molecule has 0 aromatic heterocycles. The third-order valence-electron chi connectivity index (χ3n) is 8.21. The number of hydrogen-bond donors (Lipinski definition) is 1. The van der Waals surface area contributed by atoms with E-state index in [2.05, 4.69) is 18.5 Å². The van der Waals surface area contributed by atoms with E-state index in [-0.39, 0.29) is 32.0 Å². The Morgan fingerprint density at radius 2 is 1.04 bits per heavy atom. The average molecular weight is 711 g/mol. The van der Waals surface area contributed by atoms with Crippen molar-refractivity contribution in [1.29, 1.82) is 0 Å². The van der Waals surface area contributed by atoms with E-state index in [4.69, 9.17) is 28.8 Å². The average Bonchev–Trinajstić information content (AvgIpc) is 3.04. The number of ether oxygens (including phenoxy) is 2. The smallest absolute Gasteiger partial charge is 0.462 e. The van der Waals surface area contributed by atoms with Gasteiger partial charge in [0.2, 0.25) is 0 Å². The fourth-order valence-electron chi connectivity index (χ4n) is 5.14. The molecule has 12 heteroatoms. The van der Waals surface area contributed by atoms with Gasteiger partial charge in [-0.25, -0.2) is 14.7 Å². The highest BCUT2D eigenvalue weighted by atomic mass is 31.2. The van der Waals surface area contributed by atoms with Gasteiger partial charge >= 0.3 is 19.8 Å². The fourth-order valence-corrected chi connectivity index (χ4v) is 5.75. The molecule has 0 bridgehead atoms. The quantitative estimate of drug-likeness (QED) is 0.0168. The SMILES string of the molecule is CCCCCCCCCCCCCCCCCC(=O)OCC(COOP(=O)(OO)OCC[N+](C)(C)C)OC(=O)CCCCCCCCC. The molecular weight excluding hydrogens is 637 g/mol. The standard InChI is InChI=1S/C36H72NO10P/c1-6-8-10-12-14-15-16-17-18-19-20-21-23-24-26-28-35(38)42-32-34(45-36(39)29-27-25-22-13-11-9-7-2)33-43-47-48(41,46-40)44-31-30-37(3,4)5/h34H,6-33H2,1-5H3/p+1. The molecule has 0 saturated heterocycles. The van der Waals surface area contributed by atoms with Crippen LogP contribution in [0.3, 0.4) is 0 Å². The molecule has 0 aliphatic carbocycles. The van der Waals surface area contributed by atoms with Crippen molar-refractivity contribution >= 4 is 19.8 Å². The third kappa shape index (κ3) is 32.2. The van der Waals surface area contributed by atoms with Gasteiger partial charge in [-0.3, -0.25) is 14.1 Å². The minimum atomic E-state index is -4.41. The molecule has 0 spiro atoms. The monoisotopic (exact) mass is 710 g/mol. The zero-order chi connectivity index (χ0) is 35.8. The number of unbranched alkanes of at least 4 members (excludes halogenated alkanes) is 20. The van der Waals surface area contributed by atoms with Crippen LogP contribution < -0.4 is 0 Å². The number of likely N-dealkylation sites (N-methyl/N-ethyl adjacent to an activating group) is 1. The van der Waals surface area contributed by atoms with Gasteiger partial charge in [-0.1, -0.05) is 142 Å². The largest absolute Gasteiger partial charge is 0.529 e. The number of phosphoric acid groups is 1. The molecule has 0 rings (SSSR count). The van der Waals surface area contributed by atoms with Gasteiger partial charge < -0.3 is 14.0 Å². The summed E-state index contributed by atoms with van der Waals surface area (Å²) in [4.78, 5) is 29.9. The summed E-state index contributed by atoms with van der Waals surface area (Å²) in [5.41, 5.74) is 0. The molecule has 0 radical (unpaired) electrons. The lowest BCUT2D eigenvalue weighted by molar-refractivity contribution is -0.870. The van der Waals surface area contributed by atoms with Crippen molar-refractivity contribution in [2.45, 2.75) is 174 Å². The first-order chi connectivity index (χ1) is 23.0. The summed E-state index contributed by atoms with van der Waals surface area (Å²) in [6.45, 7) is 4.22. The van der Waals surface area contributed by atoms with Crippen LogP contribution in [-0.2, 0) is 42.4 Å². The minimum absolute atomic E-state index is 0.0293. The molecule has 11 nitrogen and oxygen atoms in total. The Morgan fingerprint density at radius 3 is 1.46 bits per heavy atom. The van der Waals surface area contributed by atoms with E-state index < -0.39 is 26.5 Å². The molecule has 2 atom stereocenters. The number of rotatable bonds is 36. The van der Waals surface area contributed by atoms with Crippen LogP contribution in [0.5, 0.6) is 0 Å². The van der Waals surface area contributed by atoms with Gasteiger partial charge in [0.05, 0.1) is 21.1 Å². The van der Waals surface area contributed by atoms with Crippen LogP contribution in [0.25, 0.3) is 0 Å². The number of carbonyl (C=O) groups is 2. The van der Waals surface area contributed by atoms with Crippen LogP contribution in [0, 0.1) is 0 Å². The fraction of sp³-hybridized carbons (Fsp3) is 0.944. The lowest BCUT2D eigenvalue weighted by atomic mass is 10.0. The maximum atomic E-state index is 12.5. The summed E-state index contributed by atoms with van der Waals surface area (Å²) in [5.74, 6) is -0.830. The van der Waals surface area contributed by atoms with Crippen LogP contribution in [0.1, 0.15) is 168 Å². The van der Waals surface area contributed by atoms with Gasteiger partial charge in [-0.05, 0) is 12.8 Å². The molecule has 0 saturated carbocycles. The Labute approximate surface area is 293 Å². The van der Waals surface area contributed by atoms with Crippen molar-refractivity contribution in [3.8, 4) is 0 Å². The summed E-state index contributed by atoms with van der Waals surface area (Å²) < 4.78 is 37.6. The molecule has 0 aromatic carbocycles. The normalized spacial score (nSPS) is 13.7. The van der Waals surface area contributed by atoms with Crippen LogP contribution in [-0.4, -0.2) is 75.3 Å². The molecule has 48 heavy (non-hydrogen) atoms. The molecule has 286 valence electrons. The van der Waals surface area contributed by atoms with Gasteiger partial charge in [-0.2, -0.15) is 0 Å². The van der Waals surface area contributed by atoms with Crippen LogP contribution in [0.2, 0.25) is 0 Å². The first-order valence-electron chi connectivity index (χ1n) is 19.1. The summed E-state index contributed by atoms with van der Waals surface area (Å²) in [6.07, 6.45) is 25.7. The maximum absolute atomic E-state index is 12.5. The predicted octanol–water partition coefficient (Wildman–Crippen LogP) is 10.1. The number of carbonyl (C=O) groups excluding carboxylic acids is 2. The van der Waals surface area contributed by atoms with E-state index >= 15 is 0 Å². The highest BCUT2D eigenvalue weighted by Gasteiger charge is 2.31. The topological polar surface area (TPSA) is 127 Å². The first-order valence-corrected chi connectivity index (χ1v) is 20.6. The Kier molecular flexibility index (Phi) is 31.2. The van der Waals surface area contributed by atoms with Crippen LogP contribution in [0.4, 0.5) is 0 Å². The van der Waals surface area contributed by atoms with Crippen molar-refractivity contribution in [3.05, 3.63) is 0 Å². The van der Waals surface area contributed by atoms with E-state index in [1.807, 2.05) is 21.1 Å². The van der Waals surface area contributed by atoms with Crippen molar-refractivity contribution in [2.75, 3.05) is 47.5 Å². The molecule has 0 aromatic rings. The zero-order valence-corrected chi connectivity index (χ0v) is 32.3. The summed E-state index contributed by atoms with van der Waals surface area (Å²) in [6, 6.07) is 0. The Bertz CT molecular complexity index is 808. The van der Waals surface area contributed by atoms with E-state index in [1.165, 1.54) is 96.3 Å². The second-order valence-electron chi connectivity index (χ2n) is 14.1. The number of nitrogens with zero attached hydrogens (tertiary/aromatic N) is 1. The number of hydrogen-bond acceptors (Lipinski definition) is 10. The summed E-state index contributed by atoms with van der Waals surface area (Å²) in [5, 5.41) is 9.07. The highest BCUT2D eigenvalue weighted by molar-refractivity contribution is 7.48. The molecule has 0 amide bonds. The lowest BCUT2D eigenvalue weighted by Crippen LogP contribution is -2.37. The third-order valence-corrected chi connectivity index (χ3v) is 9.19. The summed E-state index contributed by atoms with van der Waals surface area (Å²) in [7, 11) is 1.33. The second kappa shape index (κ2) is 31.9. The highest BCUT2D eigenvalue weighted by Crippen LogP contribution is 2.48. The molecule has 0 aliphatic rings. The Hall–Kier alpha value is -1.07. The van der Waals surface area contributed by atoms with Crippen molar-refractivity contribution in [1.82, 2.24) is 0 Å². The molecule has 1 N–H and O–H groups in total. The van der Waals surface area contributed by atoms with E-state index in [0.29, 0.717) is 17.4 Å². The van der Waals surface area contributed by atoms with E-state index in [9.17, 15) is 14.2 Å². The van der Waals surface area contributed by atoms with Crippen molar-refractivity contribution < 1.29 is 52.1 Å². The Morgan fingerprint density at radius 1 is 0.625 bits per heavy atom. The Balaban J connectivity index is 4.41. The molecule has 2 unspecified atom stereocenters. The predicted molar refractivity (Wildman–Crippen MR) is 190 cm³/mol. The second-order valence-corrected chi connectivity index (χ2v) is 15.6. The zero-order valence-electron chi connectivity index (χ0n) is 31.4. The van der Waals surface area contributed by atoms with E-state index in [0.717, 1.165) is 38.5 Å². The van der Waals surface area contributed by atoms with Gasteiger partial charge in [0.15, 0.2) is 6.10 Å². The lowest BCUT2D eigenvalue weighted by Gasteiger charge is -2.24. The maximum Gasteiger partial charge on any atom is 0.529 e. The van der Waals surface area contributed by atoms with Gasteiger partial charge in [0, 0.05) is 12.8 Å². The minimum Gasteiger partial charge on any atom is -0.462 e. The molecular formula is C36H73NO10P+. The van der Waals surface area contributed by atoms with Crippen LogP contribution >= 0.6 is 7.82 Å². The summed E-state index contributed by atoms with van der Waals surface area (Å²) >= 11 is 0. The molecule has 0 fully saturated rings. The first kappa shape index (κ1) is 46.9. The van der Waals surface area contributed by atoms with Crippen LogP contribution in [0.15, 0.2) is 0 Å².